The molecule has 1 aliphatic rings. The summed E-state index contributed by atoms with van der Waals surface area (Å²) in [6, 6.07) is 5.77. The Morgan fingerprint density at radius 3 is 2.08 bits per heavy atom. The van der Waals surface area contributed by atoms with Crippen LogP contribution in [0.1, 0.15) is 11.3 Å². The fourth-order valence-corrected chi connectivity index (χ4v) is 2.70. The van der Waals surface area contributed by atoms with Crippen molar-refractivity contribution < 1.29 is 26.3 Å². The SMILES string of the molecule is FC(F)(F)c1cccc(N2CCN(c3nccc(C(F)(F)F)n3)CC2)c1. The highest BCUT2D eigenvalue weighted by Gasteiger charge is 2.34. The highest BCUT2D eigenvalue weighted by molar-refractivity contribution is 5.51. The van der Waals surface area contributed by atoms with Gasteiger partial charge in [-0.3, -0.25) is 0 Å². The van der Waals surface area contributed by atoms with Gasteiger partial charge in [-0.25, -0.2) is 9.97 Å². The lowest BCUT2D eigenvalue weighted by atomic mass is 10.1. The first-order valence-electron chi connectivity index (χ1n) is 7.72. The van der Waals surface area contributed by atoms with E-state index in [4.69, 9.17) is 0 Å². The van der Waals surface area contributed by atoms with Crippen LogP contribution < -0.4 is 9.80 Å². The van der Waals surface area contributed by atoms with Crippen LogP contribution in [0, 0.1) is 0 Å². The number of piperazine rings is 1. The molecular formula is C16H14F6N4. The highest BCUT2D eigenvalue weighted by atomic mass is 19.4. The van der Waals surface area contributed by atoms with E-state index >= 15 is 0 Å². The van der Waals surface area contributed by atoms with E-state index in [2.05, 4.69) is 9.97 Å². The van der Waals surface area contributed by atoms with Crippen LogP contribution >= 0.6 is 0 Å². The molecule has 2 heterocycles. The molecule has 0 bridgehead atoms. The number of alkyl halides is 6. The number of halogens is 6. The van der Waals surface area contributed by atoms with E-state index in [1.54, 1.807) is 15.9 Å². The summed E-state index contributed by atoms with van der Waals surface area (Å²) < 4.78 is 76.7. The Morgan fingerprint density at radius 1 is 0.808 bits per heavy atom. The van der Waals surface area contributed by atoms with Crippen molar-refractivity contribution in [3.05, 3.63) is 47.8 Å². The van der Waals surface area contributed by atoms with Crippen molar-refractivity contribution in [2.24, 2.45) is 0 Å². The van der Waals surface area contributed by atoms with Crippen LogP contribution in [0.2, 0.25) is 0 Å². The van der Waals surface area contributed by atoms with Crippen LogP contribution in [0.15, 0.2) is 36.5 Å². The molecule has 1 aromatic carbocycles. The van der Waals surface area contributed by atoms with Gasteiger partial charge in [0.15, 0.2) is 0 Å². The Labute approximate surface area is 145 Å². The molecule has 10 heteroatoms. The second kappa shape index (κ2) is 6.65. The Balaban J connectivity index is 1.70. The van der Waals surface area contributed by atoms with Gasteiger partial charge in [0.05, 0.1) is 5.56 Å². The highest BCUT2D eigenvalue weighted by Crippen LogP contribution is 2.32. The quantitative estimate of drug-likeness (QED) is 0.746. The largest absolute Gasteiger partial charge is 0.433 e. The number of benzene rings is 1. The summed E-state index contributed by atoms with van der Waals surface area (Å²) in [4.78, 5) is 10.7. The number of rotatable bonds is 2. The zero-order valence-electron chi connectivity index (χ0n) is 13.3. The molecule has 0 saturated carbocycles. The first-order valence-corrected chi connectivity index (χ1v) is 7.72. The fraction of sp³-hybridized carbons (Fsp3) is 0.375. The molecule has 2 aromatic rings. The van der Waals surface area contributed by atoms with Crippen molar-refractivity contribution in [3.63, 3.8) is 0 Å². The van der Waals surface area contributed by atoms with Gasteiger partial charge < -0.3 is 9.80 Å². The number of anilines is 2. The molecule has 1 saturated heterocycles. The number of hydrogen-bond donors (Lipinski definition) is 0. The van der Waals surface area contributed by atoms with E-state index in [1.807, 2.05) is 0 Å². The summed E-state index contributed by atoms with van der Waals surface area (Å²) in [5.41, 5.74) is -1.34. The Morgan fingerprint density at radius 2 is 1.46 bits per heavy atom. The van der Waals surface area contributed by atoms with Crippen LogP contribution in [0.3, 0.4) is 0 Å². The zero-order valence-corrected chi connectivity index (χ0v) is 13.3. The molecule has 0 radical (unpaired) electrons. The van der Waals surface area contributed by atoms with Crippen molar-refractivity contribution in [1.29, 1.82) is 0 Å². The molecule has 0 amide bonds. The average Bonchev–Trinajstić information content (AvgIpc) is 2.61. The summed E-state index contributed by atoms with van der Waals surface area (Å²) in [7, 11) is 0. The van der Waals surface area contributed by atoms with Gasteiger partial charge in [-0.2, -0.15) is 26.3 Å². The number of aromatic nitrogens is 2. The maximum atomic E-state index is 12.8. The number of hydrogen-bond acceptors (Lipinski definition) is 4. The zero-order chi connectivity index (χ0) is 18.9. The summed E-state index contributed by atoms with van der Waals surface area (Å²) in [5.74, 6) is -0.0384. The van der Waals surface area contributed by atoms with E-state index in [0.29, 0.717) is 31.9 Å². The van der Waals surface area contributed by atoms with Crippen LogP contribution in [-0.2, 0) is 12.4 Å². The lowest BCUT2D eigenvalue weighted by molar-refractivity contribution is -0.141. The topological polar surface area (TPSA) is 32.3 Å². The van der Waals surface area contributed by atoms with Crippen LogP contribution in [-0.4, -0.2) is 36.1 Å². The Kier molecular flexibility index (Phi) is 4.68. The summed E-state index contributed by atoms with van der Waals surface area (Å²) >= 11 is 0. The molecule has 0 spiro atoms. The second-order valence-corrected chi connectivity index (χ2v) is 5.76. The van der Waals surface area contributed by atoms with Gasteiger partial charge in [-0.15, -0.1) is 0 Å². The Bertz CT molecular complexity index is 700. The molecule has 0 atom stereocenters. The van der Waals surface area contributed by atoms with Crippen LogP contribution in [0.4, 0.5) is 38.0 Å². The third-order valence-corrected chi connectivity index (χ3v) is 4.03. The lowest BCUT2D eigenvalue weighted by Gasteiger charge is -2.36. The van der Waals surface area contributed by atoms with Crippen LogP contribution in [0.5, 0.6) is 0 Å². The summed E-state index contributed by atoms with van der Waals surface area (Å²) in [6.45, 7) is 1.30. The fourth-order valence-electron chi connectivity index (χ4n) is 2.70. The van der Waals surface area contributed by atoms with Gasteiger partial charge in [0.25, 0.3) is 0 Å². The van der Waals surface area contributed by atoms with Crippen LogP contribution in [0.25, 0.3) is 0 Å². The van der Waals surface area contributed by atoms with Crippen molar-refractivity contribution in [2.75, 3.05) is 36.0 Å². The first kappa shape index (κ1) is 18.3. The minimum atomic E-state index is -4.56. The molecule has 0 unspecified atom stereocenters. The van der Waals surface area contributed by atoms with E-state index in [0.717, 1.165) is 24.4 Å². The molecule has 0 N–H and O–H groups in total. The molecule has 0 aliphatic carbocycles. The van der Waals surface area contributed by atoms with Gasteiger partial charge in [0.2, 0.25) is 5.95 Å². The van der Waals surface area contributed by atoms with E-state index in [-0.39, 0.29) is 5.95 Å². The molecule has 26 heavy (non-hydrogen) atoms. The smallest absolute Gasteiger partial charge is 0.368 e. The maximum absolute atomic E-state index is 12.8. The van der Waals surface area contributed by atoms with E-state index in [9.17, 15) is 26.3 Å². The number of nitrogens with zero attached hydrogens (tertiary/aromatic N) is 4. The standard InChI is InChI=1S/C16H14F6N4/c17-15(18,19)11-2-1-3-12(10-11)25-6-8-26(9-7-25)14-23-5-4-13(24-14)16(20,21)22/h1-5,10H,6-9H2. The Hall–Kier alpha value is -2.52. The maximum Gasteiger partial charge on any atom is 0.433 e. The summed E-state index contributed by atoms with van der Waals surface area (Å²) in [5, 5.41) is 0. The third kappa shape index (κ3) is 4.00. The first-order chi connectivity index (χ1) is 12.1. The van der Waals surface area contributed by atoms with Crippen molar-refractivity contribution in [3.8, 4) is 0 Å². The second-order valence-electron chi connectivity index (χ2n) is 5.76. The molecule has 4 nitrogen and oxygen atoms in total. The van der Waals surface area contributed by atoms with Gasteiger partial charge in [-0.1, -0.05) is 6.07 Å². The summed E-state index contributed by atoms with van der Waals surface area (Å²) in [6.07, 6.45) is -7.94. The van der Waals surface area contributed by atoms with Gasteiger partial charge in [0, 0.05) is 38.1 Å². The van der Waals surface area contributed by atoms with Crippen molar-refractivity contribution >= 4 is 11.6 Å². The van der Waals surface area contributed by atoms with Crippen molar-refractivity contribution in [1.82, 2.24) is 9.97 Å². The monoisotopic (exact) mass is 376 g/mol. The van der Waals surface area contributed by atoms with Gasteiger partial charge in [0.1, 0.15) is 5.69 Å². The molecule has 1 fully saturated rings. The molecular weight excluding hydrogens is 362 g/mol. The van der Waals surface area contributed by atoms with E-state index < -0.39 is 23.6 Å². The van der Waals surface area contributed by atoms with Gasteiger partial charge in [-0.05, 0) is 24.3 Å². The molecule has 1 aromatic heterocycles. The molecule has 1 aliphatic heterocycles. The van der Waals surface area contributed by atoms with Crippen molar-refractivity contribution in [2.45, 2.75) is 12.4 Å². The molecule has 3 rings (SSSR count). The predicted octanol–water partition coefficient (Wildman–Crippen LogP) is 3.84. The minimum Gasteiger partial charge on any atom is -0.368 e. The minimum absolute atomic E-state index is 0.0384. The van der Waals surface area contributed by atoms with Gasteiger partial charge >= 0.3 is 12.4 Å². The lowest BCUT2D eigenvalue weighted by Crippen LogP contribution is -2.47. The third-order valence-electron chi connectivity index (χ3n) is 4.03. The average molecular weight is 376 g/mol. The molecule has 140 valence electrons. The van der Waals surface area contributed by atoms with E-state index in [1.165, 1.54) is 6.07 Å². The normalized spacial score (nSPS) is 16.1. The predicted molar refractivity (Wildman–Crippen MR) is 82.9 cm³/mol.